The minimum Gasteiger partial charge on any atom is -0.342 e. The Kier molecular flexibility index (Phi) is 8.29. The van der Waals surface area contributed by atoms with Gasteiger partial charge in [-0.2, -0.15) is 0 Å². The minimum absolute atomic E-state index is 0.0665. The molecule has 1 aliphatic rings. The van der Waals surface area contributed by atoms with Crippen LogP contribution in [-0.2, 0) is 11.2 Å². The Morgan fingerprint density at radius 3 is 2.41 bits per heavy atom. The summed E-state index contributed by atoms with van der Waals surface area (Å²) in [5.41, 5.74) is 2.32. The number of hydrogen-bond donors (Lipinski definition) is 0. The Morgan fingerprint density at radius 2 is 1.76 bits per heavy atom. The molecule has 0 radical (unpaired) electrons. The molecule has 8 heteroatoms. The van der Waals surface area contributed by atoms with Crippen LogP contribution in [0, 0.1) is 5.92 Å². The standard InChI is InChI=1S/C26H32ClN5OS/c1-19(30(2)3)25-28-29-26(32(25)23-11-9-22(27)10-12-23)34-18-24(33)31-15-13-21(14-16-31)17-20-7-5-4-6-8-20/h4-12,19,21H,13-18H2,1-3H3/t19-/m0/s1. The van der Waals surface area contributed by atoms with Crippen molar-refractivity contribution in [3.63, 3.8) is 0 Å². The molecule has 1 saturated heterocycles. The normalized spacial score (nSPS) is 15.6. The van der Waals surface area contributed by atoms with Crippen LogP contribution in [0.5, 0.6) is 0 Å². The van der Waals surface area contributed by atoms with Crippen molar-refractivity contribution in [1.82, 2.24) is 24.6 Å². The summed E-state index contributed by atoms with van der Waals surface area (Å²) in [4.78, 5) is 17.1. The van der Waals surface area contributed by atoms with E-state index in [2.05, 4.69) is 52.4 Å². The Balaban J connectivity index is 1.39. The van der Waals surface area contributed by atoms with Gasteiger partial charge in [0, 0.05) is 23.8 Å². The lowest BCUT2D eigenvalue weighted by Gasteiger charge is -2.32. The number of nitrogens with zero attached hydrogens (tertiary/aromatic N) is 5. The number of halogens is 1. The fourth-order valence-corrected chi connectivity index (χ4v) is 5.25. The van der Waals surface area contributed by atoms with Crippen LogP contribution in [0.4, 0.5) is 0 Å². The van der Waals surface area contributed by atoms with Gasteiger partial charge in [0.1, 0.15) is 0 Å². The molecule has 1 aromatic heterocycles. The average molecular weight is 498 g/mol. The van der Waals surface area contributed by atoms with E-state index in [1.807, 2.05) is 47.8 Å². The minimum atomic E-state index is 0.0665. The third kappa shape index (κ3) is 6.01. The van der Waals surface area contributed by atoms with E-state index in [9.17, 15) is 4.79 Å². The molecule has 180 valence electrons. The summed E-state index contributed by atoms with van der Waals surface area (Å²) in [7, 11) is 4.03. The molecule has 0 unspecified atom stereocenters. The first-order chi connectivity index (χ1) is 16.4. The van der Waals surface area contributed by atoms with Gasteiger partial charge < -0.3 is 4.90 Å². The van der Waals surface area contributed by atoms with Gasteiger partial charge in [-0.05, 0) is 76.0 Å². The molecule has 1 atom stereocenters. The highest BCUT2D eigenvalue weighted by Crippen LogP contribution is 2.28. The predicted octanol–water partition coefficient (Wildman–Crippen LogP) is 5.12. The molecule has 3 aromatic rings. The molecule has 1 fully saturated rings. The van der Waals surface area contributed by atoms with E-state index in [-0.39, 0.29) is 11.9 Å². The highest BCUT2D eigenvalue weighted by Gasteiger charge is 2.25. The lowest BCUT2D eigenvalue weighted by Crippen LogP contribution is -2.39. The van der Waals surface area contributed by atoms with Crippen molar-refractivity contribution in [2.45, 2.75) is 37.4 Å². The number of rotatable bonds is 8. The van der Waals surface area contributed by atoms with Gasteiger partial charge in [0.15, 0.2) is 11.0 Å². The first kappa shape index (κ1) is 24.8. The van der Waals surface area contributed by atoms with Crippen LogP contribution in [0.2, 0.25) is 5.02 Å². The Labute approximate surface area is 211 Å². The van der Waals surface area contributed by atoms with E-state index in [0.717, 1.165) is 49.0 Å². The predicted molar refractivity (Wildman–Crippen MR) is 139 cm³/mol. The monoisotopic (exact) mass is 497 g/mol. The van der Waals surface area contributed by atoms with Crippen LogP contribution in [0.25, 0.3) is 5.69 Å². The van der Waals surface area contributed by atoms with Crippen LogP contribution in [0.15, 0.2) is 59.8 Å². The number of carbonyl (C=O) groups excluding carboxylic acids is 1. The van der Waals surface area contributed by atoms with Gasteiger partial charge in [-0.25, -0.2) is 0 Å². The van der Waals surface area contributed by atoms with E-state index in [0.29, 0.717) is 16.7 Å². The SMILES string of the molecule is C[C@@H](c1nnc(SCC(=O)N2CCC(Cc3ccccc3)CC2)n1-c1ccc(Cl)cc1)N(C)C. The topological polar surface area (TPSA) is 54.3 Å². The lowest BCUT2D eigenvalue weighted by molar-refractivity contribution is -0.129. The van der Waals surface area contributed by atoms with Crippen LogP contribution in [0.1, 0.15) is 37.2 Å². The van der Waals surface area contributed by atoms with Crippen molar-refractivity contribution in [1.29, 1.82) is 0 Å². The van der Waals surface area contributed by atoms with Gasteiger partial charge in [0.25, 0.3) is 0 Å². The van der Waals surface area contributed by atoms with Crippen molar-refractivity contribution in [2.24, 2.45) is 5.92 Å². The van der Waals surface area contributed by atoms with Crippen LogP contribution in [0.3, 0.4) is 0 Å². The maximum Gasteiger partial charge on any atom is 0.233 e. The summed E-state index contributed by atoms with van der Waals surface area (Å²) in [5, 5.41) is 10.3. The number of carbonyl (C=O) groups is 1. The van der Waals surface area contributed by atoms with Gasteiger partial charge in [-0.1, -0.05) is 53.7 Å². The second-order valence-electron chi connectivity index (χ2n) is 9.09. The molecule has 6 nitrogen and oxygen atoms in total. The van der Waals surface area contributed by atoms with E-state index in [4.69, 9.17) is 11.6 Å². The molecule has 4 rings (SSSR count). The van der Waals surface area contributed by atoms with Gasteiger partial charge in [0.2, 0.25) is 5.91 Å². The van der Waals surface area contributed by atoms with Gasteiger partial charge in [0.05, 0.1) is 11.8 Å². The molecular formula is C26H32ClN5OS. The number of aromatic nitrogens is 3. The third-order valence-corrected chi connectivity index (χ3v) is 7.72. The molecule has 0 saturated carbocycles. The Bertz CT molecular complexity index is 1080. The van der Waals surface area contributed by atoms with Crippen molar-refractivity contribution in [3.8, 4) is 5.69 Å². The smallest absolute Gasteiger partial charge is 0.233 e. The van der Waals surface area contributed by atoms with Crippen molar-refractivity contribution in [3.05, 3.63) is 71.0 Å². The van der Waals surface area contributed by atoms with Gasteiger partial charge in [-0.15, -0.1) is 10.2 Å². The molecule has 2 heterocycles. The zero-order chi connectivity index (χ0) is 24.1. The zero-order valence-corrected chi connectivity index (χ0v) is 21.6. The second-order valence-corrected chi connectivity index (χ2v) is 10.5. The first-order valence-corrected chi connectivity index (χ1v) is 13.1. The number of hydrogen-bond acceptors (Lipinski definition) is 5. The van der Waals surface area contributed by atoms with E-state index >= 15 is 0 Å². The number of piperidine rings is 1. The van der Waals surface area contributed by atoms with Crippen LogP contribution >= 0.6 is 23.4 Å². The second kappa shape index (κ2) is 11.4. The van der Waals surface area contributed by atoms with Crippen molar-refractivity contribution < 1.29 is 4.79 Å². The largest absolute Gasteiger partial charge is 0.342 e. The van der Waals surface area contributed by atoms with Crippen molar-refractivity contribution >= 4 is 29.3 Å². The van der Waals surface area contributed by atoms with Crippen LogP contribution in [-0.4, -0.2) is 63.4 Å². The highest BCUT2D eigenvalue weighted by atomic mass is 35.5. The quantitative estimate of drug-likeness (QED) is 0.404. The zero-order valence-electron chi connectivity index (χ0n) is 20.0. The lowest BCUT2D eigenvalue weighted by atomic mass is 9.90. The summed E-state index contributed by atoms with van der Waals surface area (Å²) in [6.07, 6.45) is 3.20. The summed E-state index contributed by atoms with van der Waals surface area (Å²) in [6, 6.07) is 18.3. The van der Waals surface area contributed by atoms with Gasteiger partial charge >= 0.3 is 0 Å². The number of thioether (sulfide) groups is 1. The number of likely N-dealkylation sites (tertiary alicyclic amines) is 1. The van der Waals surface area contributed by atoms with Crippen molar-refractivity contribution in [2.75, 3.05) is 32.9 Å². The molecular weight excluding hydrogens is 466 g/mol. The van der Waals surface area contributed by atoms with E-state index in [1.165, 1.54) is 17.3 Å². The molecule has 0 N–H and O–H groups in total. The molecule has 1 aliphatic heterocycles. The molecule has 1 amide bonds. The third-order valence-electron chi connectivity index (χ3n) is 6.55. The molecule has 0 aliphatic carbocycles. The maximum atomic E-state index is 13.0. The molecule has 34 heavy (non-hydrogen) atoms. The highest BCUT2D eigenvalue weighted by molar-refractivity contribution is 7.99. The fraction of sp³-hybridized carbons (Fsp3) is 0.423. The average Bonchev–Trinajstić information content (AvgIpc) is 3.27. The summed E-state index contributed by atoms with van der Waals surface area (Å²) in [6.45, 7) is 3.74. The first-order valence-electron chi connectivity index (χ1n) is 11.7. The van der Waals surface area contributed by atoms with E-state index in [1.54, 1.807) is 0 Å². The van der Waals surface area contributed by atoms with E-state index < -0.39 is 0 Å². The summed E-state index contributed by atoms with van der Waals surface area (Å²) >= 11 is 7.55. The molecule has 0 spiro atoms. The van der Waals surface area contributed by atoms with Gasteiger partial charge in [-0.3, -0.25) is 14.3 Å². The Hall–Kier alpha value is -2.35. The Morgan fingerprint density at radius 1 is 1.09 bits per heavy atom. The maximum absolute atomic E-state index is 13.0. The fourth-order valence-electron chi connectivity index (χ4n) is 4.26. The number of benzene rings is 2. The summed E-state index contributed by atoms with van der Waals surface area (Å²) in [5.74, 6) is 1.99. The van der Waals surface area contributed by atoms with Crippen LogP contribution < -0.4 is 0 Å². The molecule has 2 aromatic carbocycles. The molecule has 0 bridgehead atoms. The number of amides is 1. The summed E-state index contributed by atoms with van der Waals surface area (Å²) < 4.78 is 2.03.